The third-order valence-corrected chi connectivity index (χ3v) is 4.15. The van der Waals surface area contributed by atoms with Crippen molar-refractivity contribution in [2.24, 2.45) is 0 Å². The van der Waals surface area contributed by atoms with Gasteiger partial charge in [0, 0.05) is 29.6 Å². The SMILES string of the molecule is O=C(COc1ccccc1[N+](=O)[O-])N[C@@H](Cc1c[nH]c2ccccc12)C(=O)O. The van der Waals surface area contributed by atoms with E-state index in [4.69, 9.17) is 4.74 Å². The lowest BCUT2D eigenvalue weighted by atomic mass is 10.1. The first-order valence-electron chi connectivity index (χ1n) is 8.39. The van der Waals surface area contributed by atoms with Crippen LogP contribution in [-0.2, 0) is 16.0 Å². The minimum absolute atomic E-state index is 0.0637. The Hall–Kier alpha value is -3.88. The number of nitrogens with zero attached hydrogens (tertiary/aromatic N) is 1. The van der Waals surface area contributed by atoms with Crippen molar-refractivity contribution in [1.29, 1.82) is 0 Å². The van der Waals surface area contributed by atoms with E-state index in [9.17, 15) is 24.8 Å². The van der Waals surface area contributed by atoms with E-state index in [1.54, 1.807) is 6.20 Å². The number of para-hydroxylation sites is 3. The molecule has 9 heteroatoms. The number of aliphatic carboxylic acids is 1. The van der Waals surface area contributed by atoms with Crippen LogP contribution in [0.1, 0.15) is 5.56 Å². The fourth-order valence-electron chi connectivity index (χ4n) is 2.83. The molecule has 28 heavy (non-hydrogen) atoms. The van der Waals surface area contributed by atoms with Crippen LogP contribution in [0, 0.1) is 10.1 Å². The van der Waals surface area contributed by atoms with Crippen LogP contribution in [0.5, 0.6) is 5.75 Å². The first kappa shape index (κ1) is 18.9. The summed E-state index contributed by atoms with van der Waals surface area (Å²) in [6.07, 6.45) is 1.78. The summed E-state index contributed by atoms with van der Waals surface area (Å²) in [5.41, 5.74) is 1.35. The van der Waals surface area contributed by atoms with E-state index in [2.05, 4.69) is 10.3 Å². The maximum atomic E-state index is 12.1. The molecule has 3 aromatic rings. The number of carboxylic acids is 1. The number of carbonyl (C=O) groups is 2. The van der Waals surface area contributed by atoms with Gasteiger partial charge >= 0.3 is 11.7 Å². The summed E-state index contributed by atoms with van der Waals surface area (Å²) in [6.45, 7) is -0.539. The molecule has 0 unspecified atom stereocenters. The van der Waals surface area contributed by atoms with Gasteiger partial charge in [-0.2, -0.15) is 0 Å². The maximum absolute atomic E-state index is 12.1. The highest BCUT2D eigenvalue weighted by Gasteiger charge is 2.23. The second-order valence-corrected chi connectivity index (χ2v) is 6.04. The molecule has 3 N–H and O–H groups in total. The average Bonchev–Trinajstić information content (AvgIpc) is 3.09. The number of carboxylic acid groups (broad SMARTS) is 1. The highest BCUT2D eigenvalue weighted by molar-refractivity contribution is 5.87. The summed E-state index contributed by atoms with van der Waals surface area (Å²) in [5.74, 6) is -1.94. The van der Waals surface area contributed by atoms with Crippen molar-refractivity contribution >= 4 is 28.5 Å². The molecule has 1 amide bonds. The van der Waals surface area contributed by atoms with E-state index in [1.807, 2.05) is 24.3 Å². The molecular formula is C19H17N3O6. The summed E-state index contributed by atoms with van der Waals surface area (Å²) in [4.78, 5) is 37.1. The fourth-order valence-corrected chi connectivity index (χ4v) is 2.83. The van der Waals surface area contributed by atoms with Crippen molar-refractivity contribution in [3.63, 3.8) is 0 Å². The van der Waals surface area contributed by atoms with Gasteiger partial charge in [-0.1, -0.05) is 30.3 Å². The molecule has 0 bridgehead atoms. The molecule has 2 aromatic carbocycles. The smallest absolute Gasteiger partial charge is 0.326 e. The second-order valence-electron chi connectivity index (χ2n) is 6.04. The van der Waals surface area contributed by atoms with Gasteiger partial charge in [-0.05, 0) is 17.7 Å². The lowest BCUT2D eigenvalue weighted by Crippen LogP contribution is -2.44. The van der Waals surface area contributed by atoms with Gasteiger partial charge in [-0.25, -0.2) is 4.79 Å². The molecule has 1 atom stereocenters. The first-order valence-corrected chi connectivity index (χ1v) is 8.39. The van der Waals surface area contributed by atoms with E-state index in [0.29, 0.717) is 0 Å². The predicted octanol–water partition coefficient (Wildman–Crippen LogP) is 2.27. The van der Waals surface area contributed by atoms with Crippen molar-refractivity contribution in [3.8, 4) is 5.75 Å². The van der Waals surface area contributed by atoms with Crippen molar-refractivity contribution in [1.82, 2.24) is 10.3 Å². The van der Waals surface area contributed by atoms with Crippen LogP contribution >= 0.6 is 0 Å². The Kier molecular flexibility index (Phi) is 5.54. The zero-order valence-electron chi connectivity index (χ0n) is 14.6. The number of ether oxygens (including phenoxy) is 1. The van der Waals surface area contributed by atoms with E-state index in [0.717, 1.165) is 16.5 Å². The van der Waals surface area contributed by atoms with Crippen molar-refractivity contribution in [2.75, 3.05) is 6.61 Å². The quantitative estimate of drug-likeness (QED) is 0.403. The monoisotopic (exact) mass is 383 g/mol. The number of fused-ring (bicyclic) bond motifs is 1. The van der Waals surface area contributed by atoms with Gasteiger partial charge in [0.25, 0.3) is 5.91 Å². The molecule has 0 aliphatic carbocycles. The molecule has 0 radical (unpaired) electrons. The molecule has 0 saturated heterocycles. The Morgan fingerprint density at radius 2 is 1.89 bits per heavy atom. The lowest BCUT2D eigenvalue weighted by Gasteiger charge is -2.14. The molecule has 0 aliphatic heterocycles. The van der Waals surface area contributed by atoms with Crippen LogP contribution in [0.4, 0.5) is 5.69 Å². The molecule has 0 fully saturated rings. The number of benzene rings is 2. The Balaban J connectivity index is 1.65. The number of nitro groups is 1. The highest BCUT2D eigenvalue weighted by atomic mass is 16.6. The number of amides is 1. The topological polar surface area (TPSA) is 135 Å². The number of carbonyl (C=O) groups excluding carboxylic acids is 1. The minimum Gasteiger partial charge on any atom is -0.480 e. The fraction of sp³-hybridized carbons (Fsp3) is 0.158. The molecule has 1 aromatic heterocycles. The summed E-state index contributed by atoms with van der Waals surface area (Å²) in [5, 5.41) is 23.7. The zero-order chi connectivity index (χ0) is 20.1. The van der Waals surface area contributed by atoms with Gasteiger partial charge in [0.05, 0.1) is 4.92 Å². The number of nitro benzene ring substituents is 1. The van der Waals surface area contributed by atoms with Crippen LogP contribution in [0.3, 0.4) is 0 Å². The Labute approximate surface area is 159 Å². The van der Waals surface area contributed by atoms with Crippen LogP contribution in [0.25, 0.3) is 10.9 Å². The van der Waals surface area contributed by atoms with E-state index < -0.39 is 29.4 Å². The number of hydrogen-bond donors (Lipinski definition) is 3. The third-order valence-electron chi connectivity index (χ3n) is 4.15. The third kappa shape index (κ3) is 4.26. The van der Waals surface area contributed by atoms with E-state index in [-0.39, 0.29) is 17.9 Å². The number of aromatic amines is 1. The van der Waals surface area contributed by atoms with Crippen LogP contribution < -0.4 is 10.1 Å². The van der Waals surface area contributed by atoms with Gasteiger partial charge in [-0.3, -0.25) is 14.9 Å². The largest absolute Gasteiger partial charge is 0.480 e. The summed E-state index contributed by atoms with van der Waals surface area (Å²) < 4.78 is 5.19. The van der Waals surface area contributed by atoms with E-state index in [1.165, 1.54) is 24.3 Å². The molecule has 144 valence electrons. The van der Waals surface area contributed by atoms with Crippen molar-refractivity contribution in [3.05, 3.63) is 70.4 Å². The molecular weight excluding hydrogens is 366 g/mol. The number of nitrogens with one attached hydrogen (secondary N) is 2. The number of hydrogen-bond acceptors (Lipinski definition) is 5. The Morgan fingerprint density at radius 3 is 2.64 bits per heavy atom. The molecule has 3 rings (SSSR count). The van der Waals surface area contributed by atoms with Crippen LogP contribution in [0.15, 0.2) is 54.7 Å². The maximum Gasteiger partial charge on any atom is 0.326 e. The highest BCUT2D eigenvalue weighted by Crippen LogP contribution is 2.25. The normalized spacial score (nSPS) is 11.7. The van der Waals surface area contributed by atoms with Gasteiger partial charge in [0.1, 0.15) is 6.04 Å². The average molecular weight is 383 g/mol. The minimum atomic E-state index is -1.19. The van der Waals surface area contributed by atoms with Gasteiger partial charge in [0.2, 0.25) is 0 Å². The van der Waals surface area contributed by atoms with Gasteiger partial charge in [-0.15, -0.1) is 0 Å². The summed E-state index contributed by atoms with van der Waals surface area (Å²) in [6, 6.07) is 11.9. The molecule has 0 saturated carbocycles. The first-order chi connectivity index (χ1) is 13.5. The number of rotatable bonds is 8. The number of H-pyrrole nitrogens is 1. The number of aromatic nitrogens is 1. The zero-order valence-corrected chi connectivity index (χ0v) is 14.6. The molecule has 0 aliphatic rings. The van der Waals surface area contributed by atoms with Crippen LogP contribution in [0.2, 0.25) is 0 Å². The standard InChI is InChI=1S/C19H17N3O6/c23-18(11-28-17-8-4-3-7-16(17)22(26)27)21-15(19(24)25)9-12-10-20-14-6-2-1-5-13(12)14/h1-8,10,15,20H,9,11H2,(H,21,23)(H,24,25)/t15-/m0/s1. The predicted molar refractivity (Wildman–Crippen MR) is 100 cm³/mol. The van der Waals surface area contributed by atoms with Gasteiger partial charge < -0.3 is 20.1 Å². The van der Waals surface area contributed by atoms with Crippen molar-refractivity contribution < 1.29 is 24.4 Å². The Bertz CT molecular complexity index is 1030. The lowest BCUT2D eigenvalue weighted by molar-refractivity contribution is -0.385. The summed E-state index contributed by atoms with van der Waals surface area (Å²) >= 11 is 0. The second kappa shape index (κ2) is 8.21. The van der Waals surface area contributed by atoms with Crippen LogP contribution in [-0.4, -0.2) is 39.5 Å². The molecule has 0 spiro atoms. The molecule has 9 nitrogen and oxygen atoms in total. The Morgan fingerprint density at radius 1 is 1.18 bits per heavy atom. The van der Waals surface area contributed by atoms with E-state index >= 15 is 0 Å². The summed E-state index contributed by atoms with van der Waals surface area (Å²) in [7, 11) is 0. The van der Waals surface area contributed by atoms with Gasteiger partial charge in [0.15, 0.2) is 12.4 Å². The molecule has 1 heterocycles. The van der Waals surface area contributed by atoms with Crippen molar-refractivity contribution in [2.45, 2.75) is 12.5 Å².